The SMILES string of the molecule is CCCCc1ccc(NC(=O)Nc2cccc(-c3ccc4nnc(-c5ccncc5)n4n3)c2)cc1. The van der Waals surface area contributed by atoms with Crippen molar-refractivity contribution in [1.29, 1.82) is 0 Å². The maximum absolute atomic E-state index is 12.6. The van der Waals surface area contributed by atoms with E-state index < -0.39 is 0 Å². The van der Waals surface area contributed by atoms with Crippen molar-refractivity contribution in [2.45, 2.75) is 26.2 Å². The number of pyridine rings is 1. The Morgan fingerprint density at radius 2 is 1.66 bits per heavy atom. The second kappa shape index (κ2) is 10.1. The smallest absolute Gasteiger partial charge is 0.308 e. The van der Waals surface area contributed by atoms with E-state index in [1.54, 1.807) is 16.9 Å². The van der Waals surface area contributed by atoms with Gasteiger partial charge in [-0.05, 0) is 66.9 Å². The molecule has 0 fully saturated rings. The lowest BCUT2D eigenvalue weighted by molar-refractivity contribution is 0.262. The number of hydrogen-bond donors (Lipinski definition) is 2. The van der Waals surface area contributed by atoms with Crippen molar-refractivity contribution >= 4 is 23.1 Å². The quantitative estimate of drug-likeness (QED) is 0.316. The lowest BCUT2D eigenvalue weighted by atomic mass is 10.1. The zero-order valence-electron chi connectivity index (χ0n) is 19.3. The van der Waals surface area contributed by atoms with Crippen molar-refractivity contribution in [2.75, 3.05) is 10.6 Å². The van der Waals surface area contributed by atoms with Crippen LogP contribution in [0.1, 0.15) is 25.3 Å². The molecule has 0 aliphatic heterocycles. The second-order valence-electron chi connectivity index (χ2n) is 8.21. The molecule has 174 valence electrons. The van der Waals surface area contributed by atoms with Crippen LogP contribution in [0.3, 0.4) is 0 Å². The van der Waals surface area contributed by atoms with E-state index in [1.807, 2.05) is 60.7 Å². The first-order valence-electron chi connectivity index (χ1n) is 11.6. The molecule has 2 amide bonds. The third-order valence-electron chi connectivity index (χ3n) is 5.65. The molecule has 5 rings (SSSR count). The largest absolute Gasteiger partial charge is 0.323 e. The van der Waals surface area contributed by atoms with Crippen LogP contribution < -0.4 is 10.6 Å². The number of amides is 2. The van der Waals surface area contributed by atoms with Crippen LogP contribution in [0.4, 0.5) is 16.2 Å². The molecule has 0 radical (unpaired) electrons. The van der Waals surface area contributed by atoms with E-state index in [9.17, 15) is 4.79 Å². The monoisotopic (exact) mass is 463 g/mol. The maximum Gasteiger partial charge on any atom is 0.323 e. The summed E-state index contributed by atoms with van der Waals surface area (Å²) in [5, 5.41) is 19.0. The molecule has 0 unspecified atom stereocenters. The first kappa shape index (κ1) is 22.2. The van der Waals surface area contributed by atoms with Crippen molar-refractivity contribution in [3.63, 3.8) is 0 Å². The Morgan fingerprint density at radius 3 is 2.46 bits per heavy atom. The number of benzene rings is 2. The normalized spacial score (nSPS) is 10.9. The summed E-state index contributed by atoms with van der Waals surface area (Å²) in [6.07, 6.45) is 6.79. The summed E-state index contributed by atoms with van der Waals surface area (Å²) in [6.45, 7) is 2.18. The summed E-state index contributed by atoms with van der Waals surface area (Å²) in [7, 11) is 0. The van der Waals surface area contributed by atoms with E-state index in [-0.39, 0.29) is 6.03 Å². The number of carbonyl (C=O) groups excluding carboxylic acids is 1. The minimum absolute atomic E-state index is 0.300. The molecule has 5 aromatic rings. The van der Waals surface area contributed by atoms with Crippen LogP contribution in [0.5, 0.6) is 0 Å². The Kier molecular flexibility index (Phi) is 6.43. The molecule has 0 saturated carbocycles. The van der Waals surface area contributed by atoms with Gasteiger partial charge in [-0.2, -0.15) is 9.61 Å². The molecule has 8 nitrogen and oxygen atoms in total. The van der Waals surface area contributed by atoms with Crippen molar-refractivity contribution in [1.82, 2.24) is 24.8 Å². The number of urea groups is 1. The van der Waals surface area contributed by atoms with Gasteiger partial charge in [0, 0.05) is 34.9 Å². The molecule has 2 N–H and O–H groups in total. The predicted octanol–water partition coefficient (Wildman–Crippen LogP) is 5.84. The van der Waals surface area contributed by atoms with E-state index in [0.29, 0.717) is 17.2 Å². The summed E-state index contributed by atoms with van der Waals surface area (Å²) in [4.78, 5) is 16.6. The minimum atomic E-state index is -0.300. The highest BCUT2D eigenvalue weighted by atomic mass is 16.2. The standard InChI is InChI=1S/C27H25N7O/c1-2-3-5-19-8-10-22(11-9-19)29-27(35)30-23-7-4-6-21(18-23)24-12-13-25-31-32-26(34(25)33-24)20-14-16-28-17-15-20/h4,6-18H,2-3,5H2,1H3,(H2,29,30,35). The van der Waals surface area contributed by atoms with Crippen molar-refractivity contribution in [3.05, 3.63) is 90.8 Å². The molecule has 8 heteroatoms. The molecule has 2 aromatic carbocycles. The highest BCUT2D eigenvalue weighted by Gasteiger charge is 2.11. The molecule has 0 saturated heterocycles. The molecule has 3 heterocycles. The molecule has 0 atom stereocenters. The van der Waals surface area contributed by atoms with Crippen LogP contribution in [-0.2, 0) is 6.42 Å². The number of fused-ring (bicyclic) bond motifs is 1. The van der Waals surface area contributed by atoms with Crippen molar-refractivity contribution in [3.8, 4) is 22.6 Å². The average molecular weight is 464 g/mol. The van der Waals surface area contributed by atoms with Crippen LogP contribution in [0.2, 0.25) is 0 Å². The van der Waals surface area contributed by atoms with Gasteiger partial charge in [-0.3, -0.25) is 4.98 Å². The van der Waals surface area contributed by atoms with Gasteiger partial charge < -0.3 is 10.6 Å². The van der Waals surface area contributed by atoms with Crippen molar-refractivity contribution in [2.24, 2.45) is 0 Å². The Bertz CT molecular complexity index is 1450. The number of nitrogens with zero attached hydrogens (tertiary/aromatic N) is 5. The summed E-state index contributed by atoms with van der Waals surface area (Å²) < 4.78 is 1.71. The minimum Gasteiger partial charge on any atom is -0.308 e. The number of anilines is 2. The van der Waals surface area contributed by atoms with Gasteiger partial charge in [0.25, 0.3) is 0 Å². The Balaban J connectivity index is 1.32. The van der Waals surface area contributed by atoms with E-state index >= 15 is 0 Å². The maximum atomic E-state index is 12.6. The first-order valence-corrected chi connectivity index (χ1v) is 11.6. The van der Waals surface area contributed by atoms with E-state index in [1.165, 1.54) is 5.56 Å². The van der Waals surface area contributed by atoms with Gasteiger partial charge in [-0.15, -0.1) is 10.2 Å². The Morgan fingerprint density at radius 1 is 0.857 bits per heavy atom. The molecule has 35 heavy (non-hydrogen) atoms. The second-order valence-corrected chi connectivity index (χ2v) is 8.21. The summed E-state index contributed by atoms with van der Waals surface area (Å²) >= 11 is 0. The summed E-state index contributed by atoms with van der Waals surface area (Å²) in [6, 6.07) is 22.7. The van der Waals surface area contributed by atoms with Crippen LogP contribution >= 0.6 is 0 Å². The number of carbonyl (C=O) groups is 1. The number of rotatable bonds is 7. The number of hydrogen-bond acceptors (Lipinski definition) is 5. The topological polar surface area (TPSA) is 97.1 Å². The third-order valence-corrected chi connectivity index (χ3v) is 5.65. The Labute approximate surface area is 203 Å². The third kappa shape index (κ3) is 5.16. The van der Waals surface area contributed by atoms with Gasteiger partial charge in [-0.25, -0.2) is 4.79 Å². The first-order chi connectivity index (χ1) is 17.2. The van der Waals surface area contributed by atoms with E-state index in [2.05, 4.69) is 44.9 Å². The van der Waals surface area contributed by atoms with Crippen LogP contribution in [-0.4, -0.2) is 30.8 Å². The zero-order valence-corrected chi connectivity index (χ0v) is 19.3. The predicted molar refractivity (Wildman–Crippen MR) is 137 cm³/mol. The molecule has 0 spiro atoms. The average Bonchev–Trinajstić information content (AvgIpc) is 3.32. The van der Waals surface area contributed by atoms with Crippen molar-refractivity contribution < 1.29 is 4.79 Å². The molecular formula is C27H25N7O. The summed E-state index contributed by atoms with van der Waals surface area (Å²) in [5.74, 6) is 0.638. The molecule has 0 aliphatic rings. The van der Waals surface area contributed by atoms with Crippen LogP contribution in [0.25, 0.3) is 28.3 Å². The molecular weight excluding hydrogens is 438 g/mol. The van der Waals surface area contributed by atoms with E-state index in [4.69, 9.17) is 5.10 Å². The van der Waals surface area contributed by atoms with Gasteiger partial charge in [-0.1, -0.05) is 37.6 Å². The number of unbranched alkanes of at least 4 members (excludes halogenated alkanes) is 1. The fraction of sp³-hybridized carbons (Fsp3) is 0.148. The molecule has 3 aromatic heterocycles. The van der Waals surface area contributed by atoms with Gasteiger partial charge in [0.2, 0.25) is 0 Å². The highest BCUT2D eigenvalue weighted by Crippen LogP contribution is 2.23. The van der Waals surface area contributed by atoms with Crippen LogP contribution in [0.15, 0.2) is 85.2 Å². The Hall–Kier alpha value is -4.59. The zero-order chi connectivity index (χ0) is 24.0. The number of nitrogens with one attached hydrogen (secondary N) is 2. The molecule has 0 aliphatic carbocycles. The number of aromatic nitrogens is 5. The highest BCUT2D eigenvalue weighted by molar-refractivity contribution is 6.00. The van der Waals surface area contributed by atoms with E-state index in [0.717, 1.165) is 41.8 Å². The summed E-state index contributed by atoms with van der Waals surface area (Å²) in [5.41, 5.74) is 5.81. The lowest BCUT2D eigenvalue weighted by Gasteiger charge is -2.10. The van der Waals surface area contributed by atoms with Gasteiger partial charge in [0.1, 0.15) is 0 Å². The fourth-order valence-electron chi connectivity index (χ4n) is 3.81. The lowest BCUT2D eigenvalue weighted by Crippen LogP contribution is -2.19. The van der Waals surface area contributed by atoms with Gasteiger partial charge in [0.05, 0.1) is 5.69 Å². The fourth-order valence-corrected chi connectivity index (χ4v) is 3.81. The van der Waals surface area contributed by atoms with Gasteiger partial charge >= 0.3 is 6.03 Å². The van der Waals surface area contributed by atoms with Crippen LogP contribution in [0, 0.1) is 0 Å². The van der Waals surface area contributed by atoms with Gasteiger partial charge in [0.15, 0.2) is 11.5 Å². The molecule has 0 bridgehead atoms. The number of aryl methyl sites for hydroxylation is 1.